The number of nitrogens with one attached hydrogen (secondary N) is 4. The second-order valence-corrected chi connectivity index (χ2v) is 15.8. The summed E-state index contributed by atoms with van der Waals surface area (Å²) in [7, 11) is -8.25. The van der Waals surface area contributed by atoms with E-state index in [0.29, 0.717) is 11.4 Å². The highest BCUT2D eigenvalue weighted by Gasteiger charge is 2.34. The number of carboxylic acids is 2. The van der Waals surface area contributed by atoms with Crippen LogP contribution in [-0.2, 0) is 57.1 Å². The van der Waals surface area contributed by atoms with Gasteiger partial charge in [-0.1, -0.05) is 12.1 Å². The zero-order chi connectivity index (χ0) is 45.3. The zero-order valence-corrected chi connectivity index (χ0v) is 35.8. The van der Waals surface area contributed by atoms with Crippen molar-refractivity contribution in [2.24, 2.45) is 0 Å². The van der Waals surface area contributed by atoms with Crippen molar-refractivity contribution < 1.29 is 70.4 Å². The summed E-state index contributed by atoms with van der Waals surface area (Å²) in [6, 6.07) is 10.8. The van der Waals surface area contributed by atoms with E-state index in [1.165, 1.54) is 30.5 Å². The Labute approximate surface area is 354 Å². The Kier molecular flexibility index (Phi) is 18.6. The van der Waals surface area contributed by atoms with Gasteiger partial charge in [0.1, 0.15) is 18.8 Å². The summed E-state index contributed by atoms with van der Waals surface area (Å²) in [5.41, 5.74) is 0.432. The summed E-state index contributed by atoms with van der Waals surface area (Å²) in [5, 5.41) is 26.4. The maximum atomic E-state index is 13.4. The zero-order valence-electron chi connectivity index (χ0n) is 34.1. The molecule has 1 unspecified atom stereocenters. The number of ether oxygens (including phenoxy) is 1. The first kappa shape index (κ1) is 49.0. The number of aromatic amines is 1. The van der Waals surface area contributed by atoms with Gasteiger partial charge in [-0.05, 0) is 70.5 Å². The predicted octanol–water partition coefficient (Wildman–Crippen LogP) is 5.04. The number of carboxylic acid groups (broad SMARTS) is 2. The number of H-pyrrole nitrogens is 1. The highest BCUT2D eigenvalue weighted by Crippen LogP contribution is 2.52. The minimum Gasteiger partial charge on any atom is -0.481 e. The fourth-order valence-electron chi connectivity index (χ4n) is 5.25. The van der Waals surface area contributed by atoms with Gasteiger partial charge in [-0.15, -0.1) is 0 Å². The SMILES string of the molecule is CCOP(=O)(OCC)OCC(COC(=O)c1ccccc1Nc1nc2ncc(CNc3ccc(C(=O)N[C@@H](CCC(=O)O)C(=O)O)cc3)nc2c(=O)[nH]1)OP(=O)(OCC)OCC. The number of phosphoric ester groups is 2. The molecule has 0 spiro atoms. The van der Waals surface area contributed by atoms with Crippen LogP contribution in [0.15, 0.2) is 59.5 Å². The fraction of sp³-hybridized carbons (Fsp3) is 0.405. The van der Waals surface area contributed by atoms with Crippen molar-refractivity contribution in [1.29, 1.82) is 0 Å². The first-order valence-electron chi connectivity index (χ1n) is 19.1. The van der Waals surface area contributed by atoms with E-state index in [1.54, 1.807) is 52.0 Å². The van der Waals surface area contributed by atoms with Gasteiger partial charge >= 0.3 is 33.6 Å². The lowest BCUT2D eigenvalue weighted by molar-refractivity contribution is -0.140. The number of aliphatic carboxylic acids is 2. The molecule has 0 saturated heterocycles. The maximum Gasteiger partial charge on any atom is 0.475 e. The molecule has 0 bridgehead atoms. The number of amides is 1. The van der Waals surface area contributed by atoms with Crippen LogP contribution in [0.1, 0.15) is 66.9 Å². The van der Waals surface area contributed by atoms with Crippen LogP contribution in [0.2, 0.25) is 0 Å². The van der Waals surface area contributed by atoms with Gasteiger partial charge in [-0.3, -0.25) is 46.5 Å². The molecule has 2 heterocycles. The maximum absolute atomic E-state index is 13.4. The lowest BCUT2D eigenvalue weighted by Crippen LogP contribution is -2.41. The van der Waals surface area contributed by atoms with Gasteiger partial charge in [-0.2, -0.15) is 4.98 Å². The van der Waals surface area contributed by atoms with E-state index in [0.717, 1.165) is 0 Å². The molecule has 0 fully saturated rings. The van der Waals surface area contributed by atoms with Gasteiger partial charge in [-0.25, -0.2) is 28.7 Å². The molecule has 2 aromatic heterocycles. The Morgan fingerprint density at radius 1 is 0.823 bits per heavy atom. The monoisotopic (exact) mass is 907 g/mol. The Morgan fingerprint density at radius 2 is 1.47 bits per heavy atom. The number of anilines is 3. The number of hydrogen-bond acceptors (Lipinski definition) is 19. The van der Waals surface area contributed by atoms with Crippen molar-refractivity contribution in [3.05, 3.63) is 81.9 Å². The molecule has 0 aliphatic rings. The first-order chi connectivity index (χ1) is 29.6. The molecule has 62 heavy (non-hydrogen) atoms. The molecule has 1 amide bonds. The standard InChI is InChI=1S/C37H47N7O16P2/c1-5-55-61(52,56-6-2)59-22-26(60-62(53,57-7-3)58-8-4)21-54-36(51)27-11-9-10-12-28(27)42-37-43-32-31(34(48)44-37)40-25(20-39-32)19-38-24-15-13-23(14-16-24)33(47)41-29(35(49)50)17-18-30(45)46/h9-16,20,26,29,38H,5-8,17-19,21-22H2,1-4H3,(H,41,47)(H,45,46)(H,49,50)(H2,39,42,43,44,48)/t26?,29-/m0/s1. The number of fused-ring (bicyclic) bond motifs is 1. The number of benzene rings is 2. The average Bonchev–Trinajstić information content (AvgIpc) is 3.23. The molecule has 0 radical (unpaired) electrons. The van der Waals surface area contributed by atoms with Crippen LogP contribution in [0.25, 0.3) is 11.2 Å². The molecule has 6 N–H and O–H groups in total. The molecular formula is C37H47N7O16P2. The topological polar surface area (TPSA) is 315 Å². The van der Waals surface area contributed by atoms with E-state index >= 15 is 0 Å². The Bertz CT molecular complexity index is 2310. The smallest absolute Gasteiger partial charge is 0.475 e. The molecule has 4 rings (SSSR count). The minimum atomic E-state index is -4.19. The molecule has 23 nitrogen and oxygen atoms in total. The summed E-state index contributed by atoms with van der Waals surface area (Å²) in [6.45, 7) is 5.14. The van der Waals surface area contributed by atoms with E-state index in [9.17, 15) is 38.2 Å². The van der Waals surface area contributed by atoms with Crippen molar-refractivity contribution >= 4 is 67.9 Å². The van der Waals surface area contributed by atoms with Crippen molar-refractivity contribution in [1.82, 2.24) is 25.3 Å². The number of para-hydroxylation sites is 1. The Hall–Kier alpha value is -5.64. The Balaban J connectivity index is 1.43. The number of aromatic nitrogens is 4. The van der Waals surface area contributed by atoms with Crippen molar-refractivity contribution in [2.45, 2.75) is 59.2 Å². The van der Waals surface area contributed by atoms with Gasteiger partial charge in [0, 0.05) is 17.7 Å². The summed E-state index contributed by atoms with van der Waals surface area (Å²) in [4.78, 5) is 77.0. The van der Waals surface area contributed by atoms with Crippen LogP contribution in [-0.4, -0.2) is 106 Å². The molecule has 336 valence electrons. The predicted molar refractivity (Wildman–Crippen MR) is 220 cm³/mol. The van der Waals surface area contributed by atoms with Crippen LogP contribution >= 0.6 is 15.6 Å². The molecule has 0 aliphatic carbocycles. The van der Waals surface area contributed by atoms with Gasteiger partial charge in [0.15, 0.2) is 11.2 Å². The van der Waals surface area contributed by atoms with E-state index in [-0.39, 0.29) is 73.3 Å². The highest BCUT2D eigenvalue weighted by atomic mass is 31.2. The van der Waals surface area contributed by atoms with E-state index in [1.807, 2.05) is 0 Å². The summed E-state index contributed by atoms with van der Waals surface area (Å²) in [5.74, 6) is -4.22. The van der Waals surface area contributed by atoms with Crippen LogP contribution in [0.3, 0.4) is 0 Å². The average molecular weight is 908 g/mol. The van der Waals surface area contributed by atoms with E-state index in [4.69, 9.17) is 37.0 Å². The number of rotatable bonds is 27. The summed E-state index contributed by atoms with van der Waals surface area (Å²) >= 11 is 0. The first-order valence-corrected chi connectivity index (χ1v) is 22.0. The summed E-state index contributed by atoms with van der Waals surface area (Å²) in [6.07, 6.45) is -0.660. The second kappa shape index (κ2) is 23.5. The molecule has 0 aliphatic heterocycles. The largest absolute Gasteiger partial charge is 0.481 e. The normalized spacial score (nSPS) is 12.6. The van der Waals surface area contributed by atoms with Crippen molar-refractivity contribution in [3.63, 3.8) is 0 Å². The molecule has 0 saturated carbocycles. The Morgan fingerprint density at radius 3 is 2.10 bits per heavy atom. The van der Waals surface area contributed by atoms with Crippen LogP contribution in [0.5, 0.6) is 0 Å². The summed E-state index contributed by atoms with van der Waals surface area (Å²) < 4.78 is 63.4. The van der Waals surface area contributed by atoms with Gasteiger partial charge in [0.25, 0.3) is 11.5 Å². The van der Waals surface area contributed by atoms with Crippen molar-refractivity contribution in [3.8, 4) is 0 Å². The third-order valence-corrected chi connectivity index (χ3v) is 11.3. The molecule has 4 aromatic rings. The van der Waals surface area contributed by atoms with Crippen LogP contribution in [0, 0.1) is 0 Å². The van der Waals surface area contributed by atoms with Gasteiger partial charge in [0.2, 0.25) is 5.95 Å². The number of hydrogen-bond donors (Lipinski definition) is 6. The lowest BCUT2D eigenvalue weighted by atomic mass is 10.1. The fourth-order valence-corrected chi connectivity index (χ4v) is 7.77. The van der Waals surface area contributed by atoms with E-state index in [2.05, 4.69) is 35.9 Å². The number of phosphoric acid groups is 2. The van der Waals surface area contributed by atoms with Gasteiger partial charge < -0.3 is 30.9 Å². The molecule has 2 aromatic carbocycles. The number of carbonyl (C=O) groups excluding carboxylic acids is 2. The number of nitrogens with zero attached hydrogens (tertiary/aromatic N) is 3. The van der Waals surface area contributed by atoms with Crippen molar-refractivity contribution in [2.75, 3.05) is 50.3 Å². The van der Waals surface area contributed by atoms with Crippen LogP contribution < -0.4 is 21.5 Å². The highest BCUT2D eigenvalue weighted by molar-refractivity contribution is 7.48. The van der Waals surface area contributed by atoms with Gasteiger partial charge in [0.05, 0.1) is 62.7 Å². The number of carbonyl (C=O) groups is 4. The molecular weight excluding hydrogens is 860 g/mol. The quantitative estimate of drug-likeness (QED) is 0.0337. The third-order valence-electron chi connectivity index (χ3n) is 7.98. The van der Waals surface area contributed by atoms with Crippen LogP contribution in [0.4, 0.5) is 17.3 Å². The molecule has 25 heteroatoms. The number of esters is 1. The lowest BCUT2D eigenvalue weighted by Gasteiger charge is -2.25. The minimum absolute atomic E-state index is 0.00882. The third kappa shape index (κ3) is 14.8. The molecule has 2 atom stereocenters. The van der Waals surface area contributed by atoms with E-state index < -0.39 is 76.8 Å². The second-order valence-electron chi connectivity index (χ2n) is 12.5.